The molecule has 104 valence electrons. The van der Waals surface area contributed by atoms with Crippen molar-refractivity contribution in [2.75, 3.05) is 30.1 Å². The van der Waals surface area contributed by atoms with Crippen LogP contribution in [0.4, 0.5) is 11.4 Å². The third kappa shape index (κ3) is 2.20. The van der Waals surface area contributed by atoms with E-state index in [1.54, 1.807) is 0 Å². The van der Waals surface area contributed by atoms with Gasteiger partial charge < -0.3 is 19.7 Å². The second kappa shape index (κ2) is 4.83. The van der Waals surface area contributed by atoms with E-state index >= 15 is 0 Å². The van der Waals surface area contributed by atoms with Crippen molar-refractivity contribution in [1.82, 2.24) is 0 Å². The lowest BCUT2D eigenvalue weighted by molar-refractivity contribution is 0.174. The summed E-state index contributed by atoms with van der Waals surface area (Å²) in [4.78, 5) is 2.51. The van der Waals surface area contributed by atoms with Crippen LogP contribution in [-0.2, 0) is 0 Å². The van der Waals surface area contributed by atoms with Gasteiger partial charge in [-0.25, -0.2) is 0 Å². The average molecular weight is 262 g/mol. The summed E-state index contributed by atoms with van der Waals surface area (Å²) in [5.41, 5.74) is 2.41. The lowest BCUT2D eigenvalue weighted by Crippen LogP contribution is -2.45. The Labute approximate surface area is 114 Å². The highest BCUT2D eigenvalue weighted by Gasteiger charge is 2.28. The molecule has 4 heteroatoms. The van der Waals surface area contributed by atoms with Crippen molar-refractivity contribution in [3.63, 3.8) is 0 Å². The molecule has 0 aromatic heterocycles. The second-order valence-corrected chi connectivity index (χ2v) is 5.71. The summed E-state index contributed by atoms with van der Waals surface area (Å²) in [7, 11) is 0. The number of fused-ring (bicyclic) bond motifs is 2. The van der Waals surface area contributed by atoms with Crippen molar-refractivity contribution in [1.29, 1.82) is 0 Å². The van der Waals surface area contributed by atoms with E-state index in [1.807, 2.05) is 0 Å². The first-order chi connectivity index (χ1) is 9.19. The maximum atomic E-state index is 5.51. The number of ether oxygens (including phenoxy) is 2. The zero-order valence-corrected chi connectivity index (χ0v) is 11.9. The lowest BCUT2D eigenvalue weighted by atomic mass is 10.0. The van der Waals surface area contributed by atoms with E-state index in [0.717, 1.165) is 36.7 Å². The molecule has 1 aromatic rings. The van der Waals surface area contributed by atoms with Crippen LogP contribution in [0, 0.1) is 5.92 Å². The summed E-state index contributed by atoms with van der Waals surface area (Å²) >= 11 is 0. The Bertz CT molecular complexity index is 473. The SMILES string of the molecule is CCC1CNc2cc3c(cc2N1CC(C)C)OCO3. The van der Waals surface area contributed by atoms with E-state index < -0.39 is 0 Å². The van der Waals surface area contributed by atoms with E-state index in [2.05, 4.69) is 43.1 Å². The number of anilines is 2. The van der Waals surface area contributed by atoms with Crippen LogP contribution in [0.15, 0.2) is 12.1 Å². The third-order valence-electron chi connectivity index (χ3n) is 3.80. The maximum absolute atomic E-state index is 5.51. The quantitative estimate of drug-likeness (QED) is 0.907. The van der Waals surface area contributed by atoms with Crippen molar-refractivity contribution < 1.29 is 9.47 Å². The van der Waals surface area contributed by atoms with E-state index in [0.29, 0.717) is 18.8 Å². The van der Waals surface area contributed by atoms with Crippen LogP contribution in [0.25, 0.3) is 0 Å². The molecule has 1 atom stereocenters. The molecule has 0 radical (unpaired) electrons. The van der Waals surface area contributed by atoms with E-state index in [1.165, 1.54) is 5.69 Å². The van der Waals surface area contributed by atoms with Crippen LogP contribution in [0.3, 0.4) is 0 Å². The van der Waals surface area contributed by atoms with Crippen LogP contribution < -0.4 is 19.7 Å². The number of hydrogen-bond acceptors (Lipinski definition) is 4. The molecule has 1 N–H and O–H groups in total. The van der Waals surface area contributed by atoms with Gasteiger partial charge in [-0.05, 0) is 12.3 Å². The number of hydrogen-bond donors (Lipinski definition) is 1. The van der Waals surface area contributed by atoms with Crippen molar-refractivity contribution >= 4 is 11.4 Å². The molecule has 2 heterocycles. The van der Waals surface area contributed by atoms with Crippen LogP contribution in [0.1, 0.15) is 27.2 Å². The zero-order chi connectivity index (χ0) is 13.4. The fraction of sp³-hybridized carbons (Fsp3) is 0.600. The number of rotatable bonds is 3. The van der Waals surface area contributed by atoms with Gasteiger partial charge >= 0.3 is 0 Å². The summed E-state index contributed by atoms with van der Waals surface area (Å²) in [6, 6.07) is 4.74. The first kappa shape index (κ1) is 12.5. The molecule has 0 bridgehead atoms. The van der Waals surface area contributed by atoms with Crippen LogP contribution >= 0.6 is 0 Å². The topological polar surface area (TPSA) is 33.7 Å². The Morgan fingerprint density at radius 2 is 2.05 bits per heavy atom. The molecule has 0 saturated heterocycles. The summed E-state index contributed by atoms with van der Waals surface area (Å²) in [5.74, 6) is 2.36. The molecule has 19 heavy (non-hydrogen) atoms. The molecule has 1 aromatic carbocycles. The third-order valence-corrected chi connectivity index (χ3v) is 3.80. The van der Waals surface area contributed by atoms with Crippen molar-refractivity contribution in [3.05, 3.63) is 12.1 Å². The van der Waals surface area contributed by atoms with Crippen LogP contribution in [0.2, 0.25) is 0 Å². The number of benzene rings is 1. The van der Waals surface area contributed by atoms with E-state index in [4.69, 9.17) is 9.47 Å². The highest BCUT2D eigenvalue weighted by Crippen LogP contribution is 2.43. The molecule has 0 aliphatic carbocycles. The molecule has 0 fully saturated rings. The standard InChI is InChI=1S/C15H22N2O2/c1-4-11-7-16-12-5-14-15(19-9-18-14)6-13(12)17(11)8-10(2)3/h5-6,10-11,16H,4,7-9H2,1-3H3. The van der Waals surface area contributed by atoms with Crippen molar-refractivity contribution in [2.24, 2.45) is 5.92 Å². The van der Waals surface area contributed by atoms with E-state index in [-0.39, 0.29) is 0 Å². The zero-order valence-electron chi connectivity index (χ0n) is 11.9. The fourth-order valence-electron chi connectivity index (χ4n) is 2.85. The van der Waals surface area contributed by atoms with Gasteiger partial charge in [0, 0.05) is 31.3 Å². The van der Waals surface area contributed by atoms with E-state index in [9.17, 15) is 0 Å². The molecule has 3 rings (SSSR count). The molecule has 4 nitrogen and oxygen atoms in total. The minimum atomic E-state index is 0.333. The molecule has 0 amide bonds. The highest BCUT2D eigenvalue weighted by atomic mass is 16.7. The van der Waals surface area contributed by atoms with Crippen LogP contribution in [-0.4, -0.2) is 25.9 Å². The minimum Gasteiger partial charge on any atom is -0.454 e. The molecular weight excluding hydrogens is 240 g/mol. The molecule has 2 aliphatic heterocycles. The summed E-state index contributed by atoms with van der Waals surface area (Å²) < 4.78 is 11.0. The van der Waals surface area contributed by atoms with Gasteiger partial charge in [-0.2, -0.15) is 0 Å². The molecule has 0 saturated carbocycles. The Balaban J connectivity index is 1.99. The smallest absolute Gasteiger partial charge is 0.231 e. The minimum absolute atomic E-state index is 0.333. The summed E-state index contributed by atoms with van der Waals surface area (Å²) in [5, 5.41) is 3.52. The molecule has 2 aliphatic rings. The van der Waals surface area contributed by atoms with Crippen LogP contribution in [0.5, 0.6) is 11.5 Å². The Morgan fingerprint density at radius 3 is 2.74 bits per heavy atom. The maximum Gasteiger partial charge on any atom is 0.231 e. The summed E-state index contributed by atoms with van der Waals surface area (Å²) in [6.45, 7) is 9.18. The normalized spacial score (nSPS) is 20.4. The largest absolute Gasteiger partial charge is 0.454 e. The summed E-state index contributed by atoms with van der Waals surface area (Å²) in [6.07, 6.45) is 1.15. The van der Waals surface area contributed by atoms with Gasteiger partial charge in [-0.1, -0.05) is 20.8 Å². The number of nitrogens with zero attached hydrogens (tertiary/aromatic N) is 1. The predicted octanol–water partition coefficient (Wildman–Crippen LogP) is 3.08. The van der Waals surface area contributed by atoms with Gasteiger partial charge in [-0.15, -0.1) is 0 Å². The van der Waals surface area contributed by atoms with Gasteiger partial charge in [0.25, 0.3) is 0 Å². The van der Waals surface area contributed by atoms with Crippen molar-refractivity contribution in [3.8, 4) is 11.5 Å². The molecule has 0 spiro atoms. The predicted molar refractivity (Wildman–Crippen MR) is 77.3 cm³/mol. The highest BCUT2D eigenvalue weighted by molar-refractivity contribution is 5.77. The fourth-order valence-corrected chi connectivity index (χ4v) is 2.85. The van der Waals surface area contributed by atoms with Crippen molar-refractivity contribution in [2.45, 2.75) is 33.2 Å². The van der Waals surface area contributed by atoms with Gasteiger partial charge in [0.1, 0.15) is 0 Å². The Kier molecular flexibility index (Phi) is 3.17. The van der Waals surface area contributed by atoms with Gasteiger partial charge in [-0.3, -0.25) is 0 Å². The van der Waals surface area contributed by atoms with Gasteiger partial charge in [0.15, 0.2) is 11.5 Å². The Hall–Kier alpha value is -1.58. The first-order valence-corrected chi connectivity index (χ1v) is 7.13. The molecular formula is C15H22N2O2. The van der Waals surface area contributed by atoms with Gasteiger partial charge in [0.2, 0.25) is 6.79 Å². The number of nitrogens with one attached hydrogen (secondary N) is 1. The second-order valence-electron chi connectivity index (χ2n) is 5.71. The first-order valence-electron chi connectivity index (χ1n) is 7.13. The monoisotopic (exact) mass is 262 g/mol. The average Bonchev–Trinajstić information content (AvgIpc) is 2.83. The lowest BCUT2D eigenvalue weighted by Gasteiger charge is -2.40. The van der Waals surface area contributed by atoms with Gasteiger partial charge in [0.05, 0.1) is 11.4 Å². The Morgan fingerprint density at radius 1 is 1.32 bits per heavy atom. The molecule has 1 unspecified atom stereocenters.